The highest BCUT2D eigenvalue weighted by atomic mass is 32.2. The molecule has 5 nitrogen and oxygen atoms in total. The molecule has 0 atom stereocenters. The van der Waals surface area contributed by atoms with Crippen LogP contribution in [0, 0.1) is 0 Å². The van der Waals surface area contributed by atoms with Gasteiger partial charge in [0, 0.05) is 10.5 Å². The highest BCUT2D eigenvalue weighted by molar-refractivity contribution is 7.99. The van der Waals surface area contributed by atoms with Crippen LogP contribution in [-0.4, -0.2) is 23.8 Å². The first-order valence-corrected chi connectivity index (χ1v) is 11.0. The average Bonchev–Trinajstić information content (AvgIpc) is 3.41. The van der Waals surface area contributed by atoms with E-state index < -0.39 is 0 Å². The van der Waals surface area contributed by atoms with Gasteiger partial charge < -0.3 is 9.15 Å². The molecule has 0 spiro atoms. The quantitative estimate of drug-likeness (QED) is 0.348. The summed E-state index contributed by atoms with van der Waals surface area (Å²) >= 11 is 3.21. The number of nitrogens with zero attached hydrogens (tertiary/aromatic N) is 2. The number of carbonyl (C=O) groups is 1. The molecule has 0 fully saturated rings. The van der Waals surface area contributed by atoms with Crippen LogP contribution < -0.4 is 9.64 Å². The Bertz CT molecular complexity index is 1110. The first-order valence-electron chi connectivity index (χ1n) is 9.19. The molecule has 0 unspecified atom stereocenters. The second-order valence-corrected chi connectivity index (χ2v) is 8.60. The minimum absolute atomic E-state index is 0.111. The van der Waals surface area contributed by atoms with E-state index in [1.807, 2.05) is 54.6 Å². The number of methoxy groups -OCH3 is 1. The van der Waals surface area contributed by atoms with Crippen LogP contribution in [0.2, 0.25) is 0 Å². The zero-order chi connectivity index (χ0) is 20.2. The third-order valence-electron chi connectivity index (χ3n) is 4.37. The molecule has 4 aromatic rings. The maximum atomic E-state index is 13.4. The summed E-state index contributed by atoms with van der Waals surface area (Å²) in [6.45, 7) is 2.42. The van der Waals surface area contributed by atoms with Gasteiger partial charge in [-0.1, -0.05) is 18.3 Å². The smallest absolute Gasteiger partial charge is 0.260 e. The number of hydrogen-bond acceptors (Lipinski definition) is 6. The van der Waals surface area contributed by atoms with Crippen molar-refractivity contribution in [2.24, 2.45) is 0 Å². The molecule has 4 rings (SSSR count). The summed E-state index contributed by atoms with van der Waals surface area (Å²) in [5.74, 6) is 2.35. The third kappa shape index (κ3) is 4.31. The Morgan fingerprint density at radius 3 is 2.72 bits per heavy atom. The largest absolute Gasteiger partial charge is 0.497 e. The Morgan fingerprint density at radius 2 is 2.03 bits per heavy atom. The Balaban J connectivity index is 1.70. The molecule has 2 heterocycles. The Morgan fingerprint density at radius 1 is 1.21 bits per heavy atom. The van der Waals surface area contributed by atoms with E-state index in [4.69, 9.17) is 9.15 Å². The van der Waals surface area contributed by atoms with E-state index in [0.717, 1.165) is 26.6 Å². The van der Waals surface area contributed by atoms with Crippen LogP contribution in [0.5, 0.6) is 5.75 Å². The van der Waals surface area contributed by atoms with E-state index in [1.165, 1.54) is 11.3 Å². The number of amides is 1. The number of rotatable bonds is 7. The lowest BCUT2D eigenvalue weighted by Gasteiger charge is -2.19. The van der Waals surface area contributed by atoms with Crippen LogP contribution in [0.4, 0.5) is 5.13 Å². The van der Waals surface area contributed by atoms with Crippen molar-refractivity contribution in [2.75, 3.05) is 17.8 Å². The van der Waals surface area contributed by atoms with Gasteiger partial charge in [0.25, 0.3) is 5.91 Å². The Kier molecular flexibility index (Phi) is 5.87. The van der Waals surface area contributed by atoms with Crippen molar-refractivity contribution >= 4 is 44.4 Å². The Labute approximate surface area is 177 Å². The lowest BCUT2D eigenvalue weighted by Crippen LogP contribution is -2.30. The van der Waals surface area contributed by atoms with Crippen molar-refractivity contribution < 1.29 is 13.9 Å². The second kappa shape index (κ2) is 8.71. The molecule has 7 heteroatoms. The van der Waals surface area contributed by atoms with Gasteiger partial charge in [-0.15, -0.1) is 11.8 Å². The van der Waals surface area contributed by atoms with Crippen molar-refractivity contribution in [3.05, 3.63) is 72.2 Å². The number of thioether (sulfide) groups is 1. The fourth-order valence-electron chi connectivity index (χ4n) is 2.94. The number of benzene rings is 2. The molecular formula is C22H20N2O3S2. The van der Waals surface area contributed by atoms with E-state index in [-0.39, 0.29) is 5.91 Å². The van der Waals surface area contributed by atoms with Crippen LogP contribution in [0.25, 0.3) is 10.2 Å². The van der Waals surface area contributed by atoms with E-state index in [1.54, 1.807) is 30.0 Å². The minimum Gasteiger partial charge on any atom is -0.497 e. The maximum absolute atomic E-state index is 13.4. The molecule has 29 heavy (non-hydrogen) atoms. The third-order valence-corrected chi connectivity index (χ3v) is 6.30. The van der Waals surface area contributed by atoms with Crippen molar-refractivity contribution in [3.8, 4) is 5.75 Å². The van der Waals surface area contributed by atoms with Gasteiger partial charge in [-0.3, -0.25) is 9.69 Å². The number of aromatic nitrogens is 1. The van der Waals surface area contributed by atoms with Crippen LogP contribution in [0.3, 0.4) is 0 Å². The molecule has 2 aromatic heterocycles. The number of fused-ring (bicyclic) bond motifs is 1. The zero-order valence-electron chi connectivity index (χ0n) is 16.1. The lowest BCUT2D eigenvalue weighted by atomic mass is 10.2. The van der Waals surface area contributed by atoms with Crippen molar-refractivity contribution in [1.29, 1.82) is 0 Å². The van der Waals surface area contributed by atoms with Gasteiger partial charge in [-0.25, -0.2) is 4.98 Å². The van der Waals surface area contributed by atoms with E-state index in [0.29, 0.717) is 23.0 Å². The van der Waals surface area contributed by atoms with Gasteiger partial charge >= 0.3 is 0 Å². The van der Waals surface area contributed by atoms with Crippen molar-refractivity contribution in [2.45, 2.75) is 18.4 Å². The topological polar surface area (TPSA) is 55.6 Å². The number of ether oxygens (including phenoxy) is 1. The average molecular weight is 425 g/mol. The molecule has 148 valence electrons. The summed E-state index contributed by atoms with van der Waals surface area (Å²) in [6.07, 6.45) is 1.61. The van der Waals surface area contributed by atoms with Gasteiger partial charge in [0.2, 0.25) is 0 Å². The fourth-order valence-corrected chi connectivity index (χ4v) is 4.59. The minimum atomic E-state index is -0.111. The predicted octanol–water partition coefficient (Wildman–Crippen LogP) is 5.86. The van der Waals surface area contributed by atoms with E-state index >= 15 is 0 Å². The highest BCUT2D eigenvalue weighted by Gasteiger charge is 2.23. The molecule has 2 aromatic carbocycles. The van der Waals surface area contributed by atoms with Crippen molar-refractivity contribution in [3.63, 3.8) is 0 Å². The monoisotopic (exact) mass is 424 g/mol. The molecule has 0 N–H and O–H groups in total. The fraction of sp³-hybridized carbons (Fsp3) is 0.182. The summed E-state index contributed by atoms with van der Waals surface area (Å²) in [5, 5.41) is 0.627. The van der Waals surface area contributed by atoms with Gasteiger partial charge in [-0.2, -0.15) is 0 Å². The molecule has 0 aliphatic rings. The molecule has 0 radical (unpaired) electrons. The molecule has 0 aliphatic heterocycles. The lowest BCUT2D eigenvalue weighted by molar-refractivity contribution is 0.0983. The first kappa shape index (κ1) is 19.5. The highest BCUT2D eigenvalue weighted by Crippen LogP contribution is 2.33. The maximum Gasteiger partial charge on any atom is 0.260 e. The molecule has 0 saturated carbocycles. The summed E-state index contributed by atoms with van der Waals surface area (Å²) in [7, 11) is 1.64. The summed E-state index contributed by atoms with van der Waals surface area (Å²) in [6, 6.07) is 17.1. The van der Waals surface area contributed by atoms with Gasteiger partial charge in [0.05, 0.1) is 30.1 Å². The summed E-state index contributed by atoms with van der Waals surface area (Å²) in [5.41, 5.74) is 1.45. The summed E-state index contributed by atoms with van der Waals surface area (Å²) < 4.78 is 11.8. The summed E-state index contributed by atoms with van der Waals surface area (Å²) in [4.78, 5) is 20.9. The molecule has 1 amide bonds. The van der Waals surface area contributed by atoms with Gasteiger partial charge in [-0.05, 0) is 60.4 Å². The standard InChI is InChI=1S/C22H20N2O3S2/c1-3-28-18-9-6-15(7-10-18)21(25)24(14-17-5-4-12-27-17)22-23-19-11-8-16(26-2)13-20(19)29-22/h4-13H,3,14H2,1-2H3. The number of furan rings is 1. The van der Waals surface area contributed by atoms with Crippen LogP contribution >= 0.6 is 23.1 Å². The number of carbonyl (C=O) groups excluding carboxylic acids is 1. The van der Waals surface area contributed by atoms with E-state index in [9.17, 15) is 4.79 Å². The SMILES string of the molecule is CCSc1ccc(C(=O)N(Cc2ccco2)c2nc3ccc(OC)cc3s2)cc1. The number of thiazole rings is 1. The van der Waals surface area contributed by atoms with Crippen molar-refractivity contribution in [1.82, 2.24) is 4.98 Å². The predicted molar refractivity (Wildman–Crippen MR) is 118 cm³/mol. The zero-order valence-corrected chi connectivity index (χ0v) is 17.8. The first-order chi connectivity index (χ1) is 14.2. The van der Waals surface area contributed by atoms with Crippen LogP contribution in [0.15, 0.2) is 70.2 Å². The number of hydrogen-bond donors (Lipinski definition) is 0. The molecule has 0 saturated heterocycles. The second-order valence-electron chi connectivity index (χ2n) is 6.26. The van der Waals surface area contributed by atoms with Gasteiger partial charge in [0.1, 0.15) is 11.5 Å². The van der Waals surface area contributed by atoms with E-state index in [2.05, 4.69) is 11.9 Å². The molecule has 0 aliphatic carbocycles. The molecular weight excluding hydrogens is 404 g/mol. The van der Waals surface area contributed by atoms with Gasteiger partial charge in [0.15, 0.2) is 5.13 Å². The van der Waals surface area contributed by atoms with Crippen LogP contribution in [-0.2, 0) is 6.54 Å². The Hall–Kier alpha value is -2.77. The normalized spacial score (nSPS) is 11.0. The molecule has 0 bridgehead atoms. The number of anilines is 1. The van der Waals surface area contributed by atoms with Crippen LogP contribution in [0.1, 0.15) is 23.0 Å².